The standard InChI is InChI=1S/C26H36N8O3/c1-26(2,27)23(35)32-9-11-33(12-10-32)24(36)30-22-7-8-34(25(37)31-22)18-5-3-17(4-6-18)13-28-14-19-20-15-29-16-21(19)20/h3-8,19-21,28-29H,9-16,27H2,1-2H3,(H,30,31,36,37)/t19?,20-,21+. The van der Waals surface area contributed by atoms with E-state index in [0.717, 1.165) is 49.5 Å². The Bertz CT molecular complexity index is 1190. The van der Waals surface area contributed by atoms with Crippen LogP contribution in [0.15, 0.2) is 41.3 Å². The van der Waals surface area contributed by atoms with Gasteiger partial charge in [-0.25, -0.2) is 9.59 Å². The average Bonchev–Trinajstić information content (AvgIpc) is 3.29. The summed E-state index contributed by atoms with van der Waals surface area (Å²) in [5, 5.41) is 9.66. The molecule has 1 saturated carbocycles. The summed E-state index contributed by atoms with van der Waals surface area (Å²) in [5.41, 5.74) is 6.36. The molecule has 3 heterocycles. The van der Waals surface area contributed by atoms with E-state index in [4.69, 9.17) is 5.73 Å². The van der Waals surface area contributed by atoms with E-state index in [0.29, 0.717) is 31.9 Å². The number of urea groups is 1. The van der Waals surface area contributed by atoms with Crippen LogP contribution in [-0.4, -0.2) is 82.6 Å². The molecule has 0 radical (unpaired) electrons. The third-order valence-corrected chi connectivity index (χ3v) is 7.64. The lowest BCUT2D eigenvalue weighted by molar-refractivity contribution is -0.137. The van der Waals surface area contributed by atoms with Crippen LogP contribution in [0.5, 0.6) is 0 Å². The van der Waals surface area contributed by atoms with E-state index in [1.807, 2.05) is 24.3 Å². The molecule has 3 atom stereocenters. The molecule has 11 nitrogen and oxygen atoms in total. The summed E-state index contributed by atoms with van der Waals surface area (Å²) in [4.78, 5) is 44.9. The van der Waals surface area contributed by atoms with Crippen molar-refractivity contribution in [3.63, 3.8) is 0 Å². The summed E-state index contributed by atoms with van der Waals surface area (Å²) in [6.45, 7) is 9.09. The van der Waals surface area contributed by atoms with Crippen LogP contribution in [0.3, 0.4) is 0 Å². The van der Waals surface area contributed by atoms with E-state index in [1.54, 1.807) is 35.9 Å². The molecule has 3 amide bonds. The van der Waals surface area contributed by atoms with Crippen LogP contribution in [0.4, 0.5) is 10.6 Å². The van der Waals surface area contributed by atoms with Crippen molar-refractivity contribution in [3.05, 3.63) is 52.6 Å². The second-order valence-corrected chi connectivity index (χ2v) is 10.8. The van der Waals surface area contributed by atoms with Crippen LogP contribution < -0.4 is 27.4 Å². The van der Waals surface area contributed by atoms with E-state index < -0.39 is 11.2 Å². The van der Waals surface area contributed by atoms with Crippen molar-refractivity contribution < 1.29 is 9.59 Å². The normalized spacial score (nSPS) is 23.1. The SMILES string of the molecule is CC(C)(N)C(=O)N1CCN(C(=O)Nc2ccn(-c3ccc(CNCC4[C@H]5CNC[C@@H]45)cc3)c(=O)n2)CC1. The lowest BCUT2D eigenvalue weighted by atomic mass is 10.1. The first-order valence-corrected chi connectivity index (χ1v) is 13.0. The topological polar surface area (TPSA) is 138 Å². The first-order valence-electron chi connectivity index (χ1n) is 13.0. The second kappa shape index (κ2) is 10.2. The molecule has 5 N–H and O–H groups in total. The largest absolute Gasteiger partial charge is 0.354 e. The van der Waals surface area contributed by atoms with Crippen LogP contribution in [-0.2, 0) is 11.3 Å². The summed E-state index contributed by atoms with van der Waals surface area (Å²) in [6, 6.07) is 9.07. The van der Waals surface area contributed by atoms with Gasteiger partial charge < -0.3 is 26.2 Å². The molecule has 0 bridgehead atoms. The van der Waals surface area contributed by atoms with E-state index in [2.05, 4.69) is 20.9 Å². The summed E-state index contributed by atoms with van der Waals surface area (Å²) < 4.78 is 1.45. The van der Waals surface area contributed by atoms with Gasteiger partial charge in [0.2, 0.25) is 5.91 Å². The zero-order valence-electron chi connectivity index (χ0n) is 21.4. The molecule has 11 heteroatoms. The molecule has 2 saturated heterocycles. The minimum atomic E-state index is -0.942. The Morgan fingerprint density at radius 3 is 2.32 bits per heavy atom. The molecule has 198 valence electrons. The molecule has 3 aliphatic rings. The zero-order chi connectivity index (χ0) is 26.2. The highest BCUT2D eigenvalue weighted by atomic mass is 16.2. The molecule has 1 unspecified atom stereocenters. The quantitative estimate of drug-likeness (QED) is 0.419. The average molecular weight is 509 g/mol. The lowest BCUT2D eigenvalue weighted by Crippen LogP contribution is -2.58. The van der Waals surface area contributed by atoms with E-state index >= 15 is 0 Å². The van der Waals surface area contributed by atoms with Crippen molar-refractivity contribution in [1.29, 1.82) is 0 Å². The smallest absolute Gasteiger partial charge is 0.338 e. The molecule has 1 aromatic heterocycles. The van der Waals surface area contributed by atoms with Crippen molar-refractivity contribution >= 4 is 17.8 Å². The third-order valence-electron chi connectivity index (χ3n) is 7.64. The Morgan fingerprint density at radius 1 is 1.05 bits per heavy atom. The van der Waals surface area contributed by atoms with Gasteiger partial charge in [-0.05, 0) is 75.0 Å². The van der Waals surface area contributed by atoms with Gasteiger partial charge >= 0.3 is 11.7 Å². The van der Waals surface area contributed by atoms with E-state index in [9.17, 15) is 14.4 Å². The van der Waals surface area contributed by atoms with Crippen molar-refractivity contribution in [1.82, 2.24) is 30.0 Å². The van der Waals surface area contributed by atoms with Crippen LogP contribution in [0.25, 0.3) is 5.69 Å². The Balaban J connectivity index is 1.11. The fourth-order valence-corrected chi connectivity index (χ4v) is 5.38. The summed E-state index contributed by atoms with van der Waals surface area (Å²) in [7, 11) is 0. The molecule has 2 aromatic rings. The van der Waals surface area contributed by atoms with Crippen molar-refractivity contribution in [2.45, 2.75) is 25.9 Å². The fourth-order valence-electron chi connectivity index (χ4n) is 5.38. The molecule has 2 aliphatic heterocycles. The van der Waals surface area contributed by atoms with Crippen LogP contribution in [0.1, 0.15) is 19.4 Å². The van der Waals surface area contributed by atoms with Gasteiger partial charge in [-0.2, -0.15) is 4.98 Å². The highest BCUT2D eigenvalue weighted by Gasteiger charge is 2.51. The number of hydrogen-bond acceptors (Lipinski definition) is 7. The molecule has 0 spiro atoms. The first kappa shape index (κ1) is 25.4. The Kier molecular flexibility index (Phi) is 7.02. The predicted molar refractivity (Wildman–Crippen MR) is 140 cm³/mol. The molecule has 37 heavy (non-hydrogen) atoms. The maximum absolute atomic E-state index is 12.7. The van der Waals surface area contributed by atoms with Crippen molar-refractivity contribution in [2.75, 3.05) is 51.1 Å². The summed E-state index contributed by atoms with van der Waals surface area (Å²) in [5.74, 6) is 2.56. The number of nitrogens with two attached hydrogens (primary N) is 1. The van der Waals surface area contributed by atoms with Crippen molar-refractivity contribution in [3.8, 4) is 5.69 Å². The minimum Gasteiger partial charge on any atom is -0.338 e. The number of benzene rings is 1. The van der Waals surface area contributed by atoms with E-state index in [1.165, 1.54) is 4.57 Å². The van der Waals surface area contributed by atoms with Crippen LogP contribution >= 0.6 is 0 Å². The number of amides is 3. The molecular weight excluding hydrogens is 472 g/mol. The fraction of sp³-hybridized carbons (Fsp3) is 0.538. The highest BCUT2D eigenvalue weighted by Crippen LogP contribution is 2.47. The van der Waals surface area contributed by atoms with Gasteiger partial charge in [-0.1, -0.05) is 12.1 Å². The van der Waals surface area contributed by atoms with Gasteiger partial charge in [-0.3, -0.25) is 14.7 Å². The summed E-state index contributed by atoms with van der Waals surface area (Å²) >= 11 is 0. The number of rotatable bonds is 7. The maximum Gasteiger partial charge on any atom is 0.354 e. The van der Waals surface area contributed by atoms with Crippen molar-refractivity contribution in [2.24, 2.45) is 23.5 Å². The second-order valence-electron chi connectivity index (χ2n) is 10.8. The minimum absolute atomic E-state index is 0.139. The molecule has 3 fully saturated rings. The van der Waals surface area contributed by atoms with Gasteiger partial charge in [0.25, 0.3) is 0 Å². The maximum atomic E-state index is 12.7. The predicted octanol–water partition coefficient (Wildman–Crippen LogP) is 0.201. The van der Waals surface area contributed by atoms with Gasteiger partial charge in [0, 0.05) is 38.9 Å². The number of nitrogens with one attached hydrogen (secondary N) is 3. The lowest BCUT2D eigenvalue weighted by Gasteiger charge is -2.37. The van der Waals surface area contributed by atoms with Gasteiger partial charge in [0.15, 0.2) is 0 Å². The van der Waals surface area contributed by atoms with Gasteiger partial charge in [-0.15, -0.1) is 0 Å². The number of fused-ring (bicyclic) bond motifs is 1. The number of aromatic nitrogens is 2. The van der Waals surface area contributed by atoms with E-state index in [-0.39, 0.29) is 17.8 Å². The number of piperazine rings is 1. The molecule has 1 aliphatic carbocycles. The highest BCUT2D eigenvalue weighted by molar-refractivity contribution is 5.89. The third kappa shape index (κ3) is 5.68. The summed E-state index contributed by atoms with van der Waals surface area (Å²) in [6.07, 6.45) is 1.61. The van der Waals surface area contributed by atoms with Crippen LogP contribution in [0.2, 0.25) is 0 Å². The van der Waals surface area contributed by atoms with Crippen LogP contribution in [0, 0.1) is 17.8 Å². The Labute approximate surface area is 216 Å². The van der Waals surface area contributed by atoms with Gasteiger partial charge in [0.1, 0.15) is 5.82 Å². The molecular formula is C26H36N8O3. The van der Waals surface area contributed by atoms with Gasteiger partial charge in [0.05, 0.1) is 11.2 Å². The number of carbonyl (C=O) groups excluding carboxylic acids is 2. The number of anilines is 1. The number of hydrogen-bond donors (Lipinski definition) is 4. The number of carbonyl (C=O) groups is 2. The zero-order valence-corrected chi connectivity index (χ0v) is 21.4. The molecule has 5 rings (SSSR count). The monoisotopic (exact) mass is 508 g/mol. The number of piperidine rings is 1. The Morgan fingerprint density at radius 2 is 1.70 bits per heavy atom. The number of nitrogens with zero attached hydrogens (tertiary/aromatic N) is 4. The first-order chi connectivity index (χ1) is 17.7. The molecule has 1 aromatic carbocycles. The Hall–Kier alpha value is -3.28.